The molecule has 0 atom stereocenters. The molecule has 0 radical (unpaired) electrons. The summed E-state index contributed by atoms with van der Waals surface area (Å²) in [5, 5.41) is 12.9. The van der Waals surface area contributed by atoms with Crippen molar-refractivity contribution >= 4 is 29.0 Å². The highest BCUT2D eigenvalue weighted by atomic mass is 35.5. The minimum Gasteiger partial charge on any atom is -0.464 e. The molecule has 1 aromatic rings. The van der Waals surface area contributed by atoms with E-state index in [2.05, 4.69) is 15.3 Å². The van der Waals surface area contributed by atoms with Crippen molar-refractivity contribution in [3.05, 3.63) is 28.8 Å². The van der Waals surface area contributed by atoms with Crippen molar-refractivity contribution < 1.29 is 9.53 Å². The first kappa shape index (κ1) is 13.0. The van der Waals surface area contributed by atoms with Crippen LogP contribution in [0.5, 0.6) is 0 Å². The number of methoxy groups -OCH3 is 1. The molecular formula is C11H10ClN3O2. The predicted molar refractivity (Wildman–Crippen MR) is 64.9 cm³/mol. The molecule has 5 nitrogen and oxygen atoms in total. The summed E-state index contributed by atoms with van der Waals surface area (Å²) in [5.74, 6) is -0.792. The van der Waals surface area contributed by atoms with Crippen molar-refractivity contribution in [2.24, 2.45) is 5.10 Å². The Morgan fingerprint density at radius 2 is 2.29 bits per heavy atom. The van der Waals surface area contributed by atoms with Gasteiger partial charge in [0.1, 0.15) is 6.07 Å². The Bertz CT molecular complexity index is 506. The van der Waals surface area contributed by atoms with E-state index in [0.29, 0.717) is 10.7 Å². The van der Waals surface area contributed by atoms with E-state index in [1.54, 1.807) is 31.2 Å². The fourth-order valence-corrected chi connectivity index (χ4v) is 1.23. The van der Waals surface area contributed by atoms with Crippen molar-refractivity contribution in [2.45, 2.75) is 6.92 Å². The highest BCUT2D eigenvalue weighted by Crippen LogP contribution is 2.22. The van der Waals surface area contributed by atoms with E-state index in [1.807, 2.05) is 0 Å². The topological polar surface area (TPSA) is 74.5 Å². The summed E-state index contributed by atoms with van der Waals surface area (Å²) in [6.45, 7) is 1.80. The van der Waals surface area contributed by atoms with E-state index < -0.39 is 5.97 Å². The molecule has 0 heterocycles. The van der Waals surface area contributed by atoms with Gasteiger partial charge in [0.25, 0.3) is 0 Å². The van der Waals surface area contributed by atoms with Gasteiger partial charge in [-0.25, -0.2) is 4.79 Å². The standard InChI is InChI=1S/C11H10ClN3O2/c1-7-8(12)4-3-5-9(7)14-15-10(6-13)11(16)17-2/h3-5,14H,1-2H3/b15-10-. The van der Waals surface area contributed by atoms with Gasteiger partial charge >= 0.3 is 5.97 Å². The molecule has 0 fully saturated rings. The molecule has 0 aromatic heterocycles. The molecule has 0 spiro atoms. The monoisotopic (exact) mass is 251 g/mol. The Morgan fingerprint density at radius 1 is 1.59 bits per heavy atom. The molecule has 17 heavy (non-hydrogen) atoms. The quantitative estimate of drug-likeness (QED) is 0.507. The summed E-state index contributed by atoms with van der Waals surface area (Å²) in [6.07, 6.45) is 0. The van der Waals surface area contributed by atoms with Crippen LogP contribution in [-0.2, 0) is 9.53 Å². The van der Waals surface area contributed by atoms with Crippen LogP contribution in [-0.4, -0.2) is 18.8 Å². The number of nitrogens with zero attached hydrogens (tertiary/aromatic N) is 2. The highest BCUT2D eigenvalue weighted by molar-refractivity contribution is 6.43. The molecule has 0 aliphatic carbocycles. The van der Waals surface area contributed by atoms with E-state index in [1.165, 1.54) is 7.11 Å². The number of halogens is 1. The van der Waals surface area contributed by atoms with Gasteiger partial charge in [0.2, 0.25) is 5.71 Å². The summed E-state index contributed by atoms with van der Waals surface area (Å²) in [4.78, 5) is 11.1. The van der Waals surface area contributed by atoms with Crippen LogP contribution in [0.1, 0.15) is 5.56 Å². The van der Waals surface area contributed by atoms with Crippen molar-refractivity contribution in [3.63, 3.8) is 0 Å². The normalized spacial score (nSPS) is 10.6. The van der Waals surface area contributed by atoms with E-state index >= 15 is 0 Å². The zero-order valence-electron chi connectivity index (χ0n) is 9.32. The lowest BCUT2D eigenvalue weighted by Gasteiger charge is -2.06. The first-order valence-corrected chi connectivity index (χ1v) is 5.05. The van der Waals surface area contributed by atoms with E-state index in [-0.39, 0.29) is 5.71 Å². The van der Waals surface area contributed by atoms with Gasteiger partial charge in [-0.15, -0.1) is 0 Å². The number of nitriles is 1. The van der Waals surface area contributed by atoms with Gasteiger partial charge in [-0.1, -0.05) is 17.7 Å². The number of esters is 1. The molecule has 0 saturated carbocycles. The lowest BCUT2D eigenvalue weighted by Crippen LogP contribution is -2.15. The zero-order chi connectivity index (χ0) is 12.8. The smallest absolute Gasteiger partial charge is 0.369 e. The van der Waals surface area contributed by atoms with Crippen LogP contribution < -0.4 is 5.43 Å². The van der Waals surface area contributed by atoms with Crippen LogP contribution in [0.25, 0.3) is 0 Å². The van der Waals surface area contributed by atoms with Crippen LogP contribution in [0.4, 0.5) is 5.69 Å². The summed E-state index contributed by atoms with van der Waals surface area (Å²) in [6, 6.07) is 6.84. The third-order valence-corrected chi connectivity index (χ3v) is 2.45. The molecule has 0 saturated heterocycles. The maximum absolute atomic E-state index is 11.1. The average Bonchev–Trinajstić information content (AvgIpc) is 2.34. The molecule has 1 aromatic carbocycles. The third kappa shape index (κ3) is 3.20. The Kier molecular flexibility index (Phi) is 4.49. The van der Waals surface area contributed by atoms with Gasteiger partial charge in [-0.3, -0.25) is 5.43 Å². The number of ether oxygens (including phenoxy) is 1. The average molecular weight is 252 g/mol. The molecule has 88 valence electrons. The molecule has 0 unspecified atom stereocenters. The first-order valence-electron chi connectivity index (χ1n) is 4.67. The first-order chi connectivity index (χ1) is 8.10. The van der Waals surface area contributed by atoms with Crippen LogP contribution in [0.15, 0.2) is 23.3 Å². The number of benzene rings is 1. The van der Waals surface area contributed by atoms with Gasteiger partial charge in [0.05, 0.1) is 12.8 Å². The van der Waals surface area contributed by atoms with Crippen molar-refractivity contribution in [1.29, 1.82) is 5.26 Å². The highest BCUT2D eigenvalue weighted by Gasteiger charge is 2.10. The molecular weight excluding hydrogens is 242 g/mol. The largest absolute Gasteiger partial charge is 0.464 e. The van der Waals surface area contributed by atoms with Crippen LogP contribution in [0.3, 0.4) is 0 Å². The van der Waals surface area contributed by atoms with Crippen molar-refractivity contribution in [1.82, 2.24) is 0 Å². The van der Waals surface area contributed by atoms with Gasteiger partial charge in [0.15, 0.2) is 0 Å². The minimum atomic E-state index is -0.792. The van der Waals surface area contributed by atoms with E-state index in [4.69, 9.17) is 16.9 Å². The van der Waals surface area contributed by atoms with Gasteiger partial charge < -0.3 is 4.74 Å². The molecule has 0 aliphatic heterocycles. The summed E-state index contributed by atoms with van der Waals surface area (Å²) >= 11 is 5.91. The molecule has 0 amide bonds. The van der Waals surface area contributed by atoms with Crippen molar-refractivity contribution in [3.8, 4) is 6.07 Å². The van der Waals surface area contributed by atoms with Crippen LogP contribution in [0.2, 0.25) is 5.02 Å². The van der Waals surface area contributed by atoms with Crippen LogP contribution in [0, 0.1) is 18.3 Å². The van der Waals surface area contributed by atoms with E-state index in [0.717, 1.165) is 5.56 Å². The second kappa shape index (κ2) is 5.87. The number of hydrazone groups is 1. The number of anilines is 1. The molecule has 6 heteroatoms. The Balaban J connectivity index is 2.93. The fourth-order valence-electron chi connectivity index (χ4n) is 1.06. The van der Waals surface area contributed by atoms with Gasteiger partial charge in [-0.05, 0) is 24.6 Å². The second-order valence-corrected chi connectivity index (χ2v) is 3.50. The van der Waals surface area contributed by atoms with Crippen LogP contribution >= 0.6 is 11.6 Å². The van der Waals surface area contributed by atoms with Gasteiger partial charge in [-0.2, -0.15) is 10.4 Å². The maximum atomic E-state index is 11.1. The number of hydrogen-bond acceptors (Lipinski definition) is 5. The van der Waals surface area contributed by atoms with E-state index in [9.17, 15) is 4.79 Å². The zero-order valence-corrected chi connectivity index (χ0v) is 10.1. The summed E-state index contributed by atoms with van der Waals surface area (Å²) in [7, 11) is 1.18. The molecule has 0 aliphatic rings. The van der Waals surface area contributed by atoms with Gasteiger partial charge in [0, 0.05) is 5.02 Å². The number of rotatable bonds is 3. The lowest BCUT2D eigenvalue weighted by atomic mass is 10.2. The molecule has 1 N–H and O–H groups in total. The van der Waals surface area contributed by atoms with Crippen molar-refractivity contribution in [2.75, 3.05) is 12.5 Å². The minimum absolute atomic E-state index is 0.355. The fraction of sp³-hybridized carbons (Fsp3) is 0.182. The number of hydrogen-bond donors (Lipinski definition) is 1. The SMILES string of the molecule is COC(=O)/C(C#N)=N\Nc1cccc(Cl)c1C. The second-order valence-electron chi connectivity index (χ2n) is 3.09. The number of nitrogens with one attached hydrogen (secondary N) is 1. The third-order valence-electron chi connectivity index (χ3n) is 2.04. The Labute approximate surface area is 104 Å². The maximum Gasteiger partial charge on any atom is 0.369 e. The predicted octanol–water partition coefficient (Wildman–Crippen LogP) is 2.11. The summed E-state index contributed by atoms with van der Waals surface area (Å²) < 4.78 is 4.39. The molecule has 1 rings (SSSR count). The Hall–Kier alpha value is -2.06. The number of carbonyl (C=O) groups excluding carboxylic acids is 1. The molecule has 0 bridgehead atoms. The number of carbonyl (C=O) groups is 1. The Morgan fingerprint density at radius 3 is 2.88 bits per heavy atom. The summed E-state index contributed by atoms with van der Waals surface area (Å²) in [5.41, 5.74) is 3.64. The lowest BCUT2D eigenvalue weighted by molar-refractivity contribution is -0.132.